The van der Waals surface area contributed by atoms with E-state index < -0.39 is 12.3 Å². The maximum atomic E-state index is 10.3. The summed E-state index contributed by atoms with van der Waals surface area (Å²) in [6.45, 7) is 5.54. The van der Waals surface area contributed by atoms with Gasteiger partial charge >= 0.3 is 0 Å². The normalized spacial score (nSPS) is 13.9. The lowest BCUT2D eigenvalue weighted by Crippen LogP contribution is -2.50. The van der Waals surface area contributed by atoms with Crippen LogP contribution in [-0.2, 0) is 0 Å². The number of hydrazine groups is 1. The van der Waals surface area contributed by atoms with Crippen molar-refractivity contribution < 1.29 is 9.84 Å². The molecule has 0 amide bonds. The summed E-state index contributed by atoms with van der Waals surface area (Å²) in [6, 6.07) is 6.87. The van der Waals surface area contributed by atoms with Gasteiger partial charge in [0.2, 0.25) is 6.23 Å². The van der Waals surface area contributed by atoms with Gasteiger partial charge in [0, 0.05) is 11.2 Å². The average molecular weight is 312 g/mol. The van der Waals surface area contributed by atoms with Gasteiger partial charge in [-0.3, -0.25) is 5.01 Å². The van der Waals surface area contributed by atoms with Crippen LogP contribution in [0.3, 0.4) is 0 Å². The molecule has 0 heterocycles. The number of aliphatic hydroxyl groups excluding tert-OH is 1. The molecule has 1 aromatic rings. The van der Waals surface area contributed by atoms with Gasteiger partial charge in [0.15, 0.2) is 0 Å². The Labute approximate surface area is 130 Å². The zero-order valence-corrected chi connectivity index (χ0v) is 12.9. The smallest absolute Gasteiger partial charge is 0.212 e. The minimum Gasteiger partial charge on any atom is -0.466 e. The third-order valence-corrected chi connectivity index (χ3v) is 3.10. The summed E-state index contributed by atoms with van der Waals surface area (Å²) >= 11 is 5.84. The molecule has 2 unspecified atom stereocenters. The zero-order chi connectivity index (χ0) is 15.7. The highest BCUT2D eigenvalue weighted by molar-refractivity contribution is 6.30. The van der Waals surface area contributed by atoms with Crippen molar-refractivity contribution in [2.45, 2.75) is 38.5 Å². The van der Waals surface area contributed by atoms with Crippen molar-refractivity contribution in [2.24, 2.45) is 10.8 Å². The van der Waals surface area contributed by atoms with Crippen LogP contribution in [-0.4, -0.2) is 28.8 Å². The summed E-state index contributed by atoms with van der Waals surface area (Å²) in [7, 11) is 0. The lowest BCUT2D eigenvalue weighted by molar-refractivity contribution is -0.0380. The molecule has 0 saturated heterocycles. The number of nitrogens with two attached hydrogens (primary N) is 1. The molecule has 6 heteroatoms. The van der Waals surface area contributed by atoms with E-state index in [0.29, 0.717) is 17.2 Å². The first kappa shape index (κ1) is 17.5. The van der Waals surface area contributed by atoms with Crippen LogP contribution < -0.4 is 10.6 Å². The van der Waals surface area contributed by atoms with E-state index in [1.807, 2.05) is 0 Å². The van der Waals surface area contributed by atoms with Crippen molar-refractivity contribution in [3.05, 3.63) is 42.1 Å². The van der Waals surface area contributed by atoms with Gasteiger partial charge in [-0.25, -0.2) is 10.8 Å². The fourth-order valence-corrected chi connectivity index (χ4v) is 1.86. The van der Waals surface area contributed by atoms with Gasteiger partial charge in [-0.2, -0.15) is 0 Å². The van der Waals surface area contributed by atoms with Gasteiger partial charge in [-0.05, 0) is 30.7 Å². The van der Waals surface area contributed by atoms with Gasteiger partial charge < -0.3 is 9.84 Å². The van der Waals surface area contributed by atoms with Crippen molar-refractivity contribution in [1.29, 1.82) is 0 Å². The summed E-state index contributed by atoms with van der Waals surface area (Å²) in [5.74, 6) is 6.45. The van der Waals surface area contributed by atoms with E-state index >= 15 is 0 Å². The molecule has 0 aromatic heterocycles. The minimum atomic E-state index is -0.735. The summed E-state index contributed by atoms with van der Waals surface area (Å²) in [5, 5.41) is 12.1. The monoisotopic (exact) mass is 311 g/mol. The van der Waals surface area contributed by atoms with E-state index in [1.54, 1.807) is 24.3 Å². The predicted octanol–water partition coefficient (Wildman–Crippen LogP) is 2.94. The Bertz CT molecular complexity index is 451. The Morgan fingerprint density at radius 2 is 2.14 bits per heavy atom. The molecule has 0 fully saturated rings. The quantitative estimate of drug-likeness (QED) is 0.242. The van der Waals surface area contributed by atoms with E-state index in [0.717, 1.165) is 12.8 Å². The molecule has 2 atom stereocenters. The number of benzene rings is 1. The summed E-state index contributed by atoms with van der Waals surface area (Å²) in [5.41, 5.74) is 0. The van der Waals surface area contributed by atoms with E-state index in [2.05, 4.69) is 18.5 Å². The van der Waals surface area contributed by atoms with Crippen molar-refractivity contribution in [3.8, 4) is 5.75 Å². The number of halogens is 1. The van der Waals surface area contributed by atoms with E-state index in [-0.39, 0.29) is 0 Å². The molecule has 1 aromatic carbocycles. The SMILES string of the molecule is C=CN=CN(N)C(Oc1ccc(Cl)cc1)C(O)CCCC. The number of hydrogen-bond acceptors (Lipinski definition) is 4. The Hall–Kier alpha value is -1.56. The first-order valence-corrected chi connectivity index (χ1v) is 7.23. The molecule has 21 heavy (non-hydrogen) atoms. The van der Waals surface area contributed by atoms with Crippen LogP contribution in [0.4, 0.5) is 0 Å². The second-order valence-corrected chi connectivity index (χ2v) is 5.00. The first-order valence-electron chi connectivity index (χ1n) is 6.86. The molecular formula is C15H22ClN3O2. The van der Waals surface area contributed by atoms with Crippen molar-refractivity contribution in [1.82, 2.24) is 5.01 Å². The van der Waals surface area contributed by atoms with Crippen molar-refractivity contribution in [2.75, 3.05) is 0 Å². The van der Waals surface area contributed by atoms with Crippen molar-refractivity contribution >= 4 is 17.9 Å². The molecule has 0 spiro atoms. The number of nitrogens with zero attached hydrogens (tertiary/aromatic N) is 2. The van der Waals surface area contributed by atoms with Crippen molar-refractivity contribution in [3.63, 3.8) is 0 Å². The second kappa shape index (κ2) is 9.39. The number of ether oxygens (including phenoxy) is 1. The largest absolute Gasteiger partial charge is 0.466 e. The third-order valence-electron chi connectivity index (χ3n) is 2.85. The zero-order valence-electron chi connectivity index (χ0n) is 12.2. The average Bonchev–Trinajstić information content (AvgIpc) is 2.49. The maximum Gasteiger partial charge on any atom is 0.212 e. The van der Waals surface area contributed by atoms with E-state index in [9.17, 15) is 5.11 Å². The molecule has 0 aliphatic carbocycles. The fraction of sp³-hybridized carbons (Fsp3) is 0.400. The van der Waals surface area contributed by atoms with Crippen LogP contribution in [0.2, 0.25) is 5.02 Å². The van der Waals surface area contributed by atoms with Gasteiger partial charge in [-0.15, -0.1) is 0 Å². The first-order chi connectivity index (χ1) is 10.1. The van der Waals surface area contributed by atoms with Gasteiger partial charge in [0.05, 0.1) is 0 Å². The topological polar surface area (TPSA) is 71.1 Å². The lowest BCUT2D eigenvalue weighted by atomic mass is 10.1. The molecule has 0 saturated carbocycles. The number of aliphatic imine (C=N–C) groups is 1. The highest BCUT2D eigenvalue weighted by Crippen LogP contribution is 2.19. The molecule has 0 aliphatic heterocycles. The van der Waals surface area contributed by atoms with Gasteiger partial charge in [-0.1, -0.05) is 37.9 Å². The molecule has 116 valence electrons. The lowest BCUT2D eigenvalue weighted by Gasteiger charge is -2.30. The predicted molar refractivity (Wildman–Crippen MR) is 86.1 cm³/mol. The van der Waals surface area contributed by atoms with Crippen LogP contribution in [0.25, 0.3) is 0 Å². The summed E-state index contributed by atoms with van der Waals surface area (Å²) in [4.78, 5) is 3.84. The Morgan fingerprint density at radius 1 is 1.48 bits per heavy atom. The van der Waals surface area contributed by atoms with Crippen LogP contribution >= 0.6 is 11.6 Å². The number of unbranched alkanes of at least 4 members (excludes halogenated alkanes) is 1. The molecule has 3 N–H and O–H groups in total. The van der Waals surface area contributed by atoms with Crippen LogP contribution in [0.1, 0.15) is 26.2 Å². The molecule has 0 radical (unpaired) electrons. The fourth-order valence-electron chi connectivity index (χ4n) is 1.74. The Kier molecular flexibility index (Phi) is 7.82. The van der Waals surface area contributed by atoms with Gasteiger partial charge in [0.1, 0.15) is 18.2 Å². The van der Waals surface area contributed by atoms with E-state index in [4.69, 9.17) is 22.2 Å². The highest BCUT2D eigenvalue weighted by Gasteiger charge is 2.24. The summed E-state index contributed by atoms with van der Waals surface area (Å²) < 4.78 is 5.75. The minimum absolute atomic E-state index is 0.572. The maximum absolute atomic E-state index is 10.3. The summed E-state index contributed by atoms with van der Waals surface area (Å²) in [6.07, 6.45) is 3.71. The van der Waals surface area contributed by atoms with Crippen LogP contribution in [0.15, 0.2) is 42.0 Å². The standard InChI is InChI=1S/C15H22ClN3O2/c1-3-5-6-14(20)15(19(17)11-18-4-2)21-13-9-7-12(16)8-10-13/h4,7-11,14-15,20H,2-3,5-6,17H2,1H3. The highest BCUT2D eigenvalue weighted by atomic mass is 35.5. The molecule has 1 rings (SSSR count). The number of aliphatic hydroxyl groups is 1. The molecule has 5 nitrogen and oxygen atoms in total. The number of hydrogen-bond donors (Lipinski definition) is 2. The van der Waals surface area contributed by atoms with Gasteiger partial charge in [0.25, 0.3) is 0 Å². The third kappa shape index (κ3) is 6.16. The Balaban J connectivity index is 2.81. The van der Waals surface area contributed by atoms with Crippen LogP contribution in [0, 0.1) is 0 Å². The van der Waals surface area contributed by atoms with E-state index in [1.165, 1.54) is 17.5 Å². The molecular weight excluding hydrogens is 290 g/mol. The molecule has 0 bridgehead atoms. The second-order valence-electron chi connectivity index (χ2n) is 4.57. The van der Waals surface area contributed by atoms with Crippen LogP contribution in [0.5, 0.6) is 5.75 Å². The Morgan fingerprint density at radius 3 is 2.71 bits per heavy atom. The molecule has 0 aliphatic rings. The number of rotatable bonds is 9.